The van der Waals surface area contributed by atoms with Crippen LogP contribution in [-0.4, -0.2) is 68.1 Å². The molecule has 0 aliphatic carbocycles. The van der Waals surface area contributed by atoms with Gasteiger partial charge in [0.15, 0.2) is 15.3 Å². The molecule has 24 heavy (non-hydrogen) atoms. The molecular weight excluding hydrogens is 352 g/mol. The summed E-state index contributed by atoms with van der Waals surface area (Å²) in [6.07, 6.45) is 1.25. The molecule has 1 saturated heterocycles. The average Bonchev–Trinajstić information content (AvgIpc) is 2.86. The third kappa shape index (κ3) is 6.36. The molecule has 0 saturated carbocycles. The van der Waals surface area contributed by atoms with Crippen LogP contribution in [0.25, 0.3) is 0 Å². The Morgan fingerprint density at radius 1 is 1.04 bits per heavy atom. The average molecular weight is 385 g/mol. The highest BCUT2D eigenvalue weighted by Gasteiger charge is 2.46. The van der Waals surface area contributed by atoms with Crippen molar-refractivity contribution in [1.82, 2.24) is 0 Å². The molecule has 0 aromatic rings. The fourth-order valence-electron chi connectivity index (χ4n) is 2.71. The Morgan fingerprint density at radius 3 is 2.08 bits per heavy atom. The molecule has 0 bridgehead atoms. The van der Waals surface area contributed by atoms with Gasteiger partial charge in [-0.2, -0.15) is 0 Å². The van der Waals surface area contributed by atoms with Crippen molar-refractivity contribution in [2.75, 3.05) is 45.4 Å². The molecule has 0 unspecified atom stereocenters. The second-order valence-corrected chi connectivity index (χ2v) is 11.0. The van der Waals surface area contributed by atoms with Gasteiger partial charge in [-0.25, -0.2) is 8.42 Å². The maximum absolute atomic E-state index is 11.7. The van der Waals surface area contributed by atoms with Crippen molar-refractivity contribution in [3.05, 3.63) is 0 Å². The summed E-state index contributed by atoms with van der Waals surface area (Å²) in [5.41, 5.74) is -0.671. The van der Waals surface area contributed by atoms with Crippen LogP contribution >= 0.6 is 0 Å². The zero-order valence-corrected chi connectivity index (χ0v) is 17.1. The summed E-state index contributed by atoms with van der Waals surface area (Å²) in [7, 11) is -5.84. The summed E-state index contributed by atoms with van der Waals surface area (Å²) < 4.78 is 51.9. The largest absolute Gasteiger partial charge is 0.506 e. The summed E-state index contributed by atoms with van der Waals surface area (Å²) in [5, 5.41) is 0. The van der Waals surface area contributed by atoms with E-state index >= 15 is 0 Å². The third-order valence-corrected chi connectivity index (χ3v) is 9.29. The molecule has 0 aromatic heterocycles. The molecule has 0 N–H and O–H groups in total. The Balaban J connectivity index is 2.38. The van der Waals surface area contributed by atoms with Gasteiger partial charge in [0, 0.05) is 25.4 Å². The van der Waals surface area contributed by atoms with Gasteiger partial charge in [-0.3, -0.25) is 0 Å². The predicted molar refractivity (Wildman–Crippen MR) is 93.6 cm³/mol. The van der Waals surface area contributed by atoms with E-state index in [0.717, 1.165) is 0 Å². The second kappa shape index (κ2) is 10.8. The molecule has 9 heteroatoms. The fraction of sp³-hybridized carbons (Fsp3) is 1.00. The van der Waals surface area contributed by atoms with Gasteiger partial charge in [-0.1, -0.05) is 6.92 Å². The maximum atomic E-state index is 11.7. The lowest BCUT2D eigenvalue weighted by Crippen LogP contribution is -2.51. The topological polar surface area (TPSA) is 80.3 Å². The minimum atomic E-state index is -3.07. The van der Waals surface area contributed by atoms with Gasteiger partial charge in [0.05, 0.1) is 25.6 Å². The van der Waals surface area contributed by atoms with Crippen LogP contribution in [0.15, 0.2) is 0 Å². The molecule has 2 atom stereocenters. The molecule has 1 aliphatic rings. The van der Waals surface area contributed by atoms with E-state index in [9.17, 15) is 8.42 Å². The van der Waals surface area contributed by atoms with Crippen LogP contribution in [-0.2, 0) is 32.6 Å². The van der Waals surface area contributed by atoms with Crippen molar-refractivity contribution in [2.45, 2.75) is 51.5 Å². The highest BCUT2D eigenvalue weighted by Crippen LogP contribution is 2.26. The number of hydrogen-bond donors (Lipinski definition) is 0. The maximum Gasteiger partial charge on any atom is 0.506 e. The van der Waals surface area contributed by atoms with Crippen LogP contribution in [0.4, 0.5) is 0 Å². The second-order valence-electron chi connectivity index (χ2n) is 5.69. The first-order valence-electron chi connectivity index (χ1n) is 8.74. The molecule has 0 aromatic carbocycles. The normalized spacial score (nSPS) is 21.9. The van der Waals surface area contributed by atoms with E-state index in [-0.39, 0.29) is 17.9 Å². The third-order valence-electron chi connectivity index (χ3n) is 3.81. The molecule has 0 radical (unpaired) electrons. The van der Waals surface area contributed by atoms with Crippen molar-refractivity contribution in [1.29, 1.82) is 0 Å². The van der Waals surface area contributed by atoms with Crippen molar-refractivity contribution in [3.8, 4) is 0 Å². The van der Waals surface area contributed by atoms with Gasteiger partial charge in [0.1, 0.15) is 0 Å². The lowest BCUT2D eigenvalue weighted by atomic mass is 10.4. The van der Waals surface area contributed by atoms with Crippen LogP contribution < -0.4 is 0 Å². The highest BCUT2D eigenvalue weighted by atomic mass is 32.2. The van der Waals surface area contributed by atoms with Crippen LogP contribution in [0.1, 0.15) is 40.5 Å². The molecule has 0 spiro atoms. The van der Waals surface area contributed by atoms with Gasteiger partial charge in [0.25, 0.3) is 0 Å². The van der Waals surface area contributed by atoms with Gasteiger partial charge >= 0.3 is 8.80 Å². The Labute approximate surface area is 147 Å². The number of rotatable bonds is 13. The first kappa shape index (κ1) is 22.0. The smallest absolute Gasteiger partial charge is 0.379 e. The van der Waals surface area contributed by atoms with E-state index in [1.54, 1.807) is 0 Å². The van der Waals surface area contributed by atoms with Crippen LogP contribution in [0, 0.1) is 0 Å². The molecular formula is C15H32O7SSi. The van der Waals surface area contributed by atoms with Gasteiger partial charge in [-0.05, 0) is 33.6 Å². The molecule has 144 valence electrons. The van der Waals surface area contributed by atoms with Gasteiger partial charge < -0.3 is 22.8 Å². The summed E-state index contributed by atoms with van der Waals surface area (Å²) in [6, 6.07) is 0. The summed E-state index contributed by atoms with van der Waals surface area (Å²) in [6.45, 7) is 10.4. The standard InChI is InChI=1S/C15H32O7SSi/c1-5-20-24(21-6-2,22-7-3)14(4)13-18-10-11-19-15-9-8-12-23(15,16)17/h14-15H,5-13H2,1-4H3/t14-,15-/m0/s1. The van der Waals surface area contributed by atoms with Crippen LogP contribution in [0.3, 0.4) is 0 Å². The SMILES string of the molecule is CCO[Si](OCC)(OCC)[C@@H](C)COCCO[C@@H]1CCCS1(=O)=O. The minimum absolute atomic E-state index is 0.00689. The van der Waals surface area contributed by atoms with E-state index < -0.39 is 24.1 Å². The Morgan fingerprint density at radius 2 is 1.62 bits per heavy atom. The molecule has 1 heterocycles. The Bertz CT molecular complexity index is 426. The first-order chi connectivity index (χ1) is 11.4. The van der Waals surface area contributed by atoms with Crippen molar-refractivity contribution >= 4 is 18.6 Å². The van der Waals surface area contributed by atoms with E-state index in [1.807, 2.05) is 27.7 Å². The molecule has 7 nitrogen and oxygen atoms in total. The van der Waals surface area contributed by atoms with Crippen LogP contribution in [0.5, 0.6) is 0 Å². The molecule has 1 fully saturated rings. The number of sulfone groups is 1. The summed E-state index contributed by atoms with van der Waals surface area (Å²) >= 11 is 0. The Hall–Kier alpha value is -0.0331. The van der Waals surface area contributed by atoms with Crippen LogP contribution in [0.2, 0.25) is 5.54 Å². The lowest BCUT2D eigenvalue weighted by molar-refractivity contribution is 0.0167. The zero-order valence-electron chi connectivity index (χ0n) is 15.3. The van der Waals surface area contributed by atoms with Crippen molar-refractivity contribution in [2.24, 2.45) is 0 Å². The monoisotopic (exact) mass is 384 g/mol. The highest BCUT2D eigenvalue weighted by molar-refractivity contribution is 7.92. The van der Waals surface area contributed by atoms with Gasteiger partial charge in [-0.15, -0.1) is 0 Å². The molecule has 1 aliphatic heterocycles. The quantitative estimate of drug-likeness (QED) is 0.355. The van der Waals surface area contributed by atoms with E-state index in [2.05, 4.69) is 0 Å². The van der Waals surface area contributed by atoms with Gasteiger partial charge in [0.2, 0.25) is 0 Å². The number of hydrogen-bond acceptors (Lipinski definition) is 7. The zero-order chi connectivity index (χ0) is 18.1. The minimum Gasteiger partial charge on any atom is -0.379 e. The predicted octanol–water partition coefficient (Wildman–Crippen LogP) is 1.99. The van der Waals surface area contributed by atoms with E-state index in [0.29, 0.717) is 45.9 Å². The summed E-state index contributed by atoms with van der Waals surface area (Å²) in [5.74, 6) is 0.223. The van der Waals surface area contributed by atoms with Crippen molar-refractivity contribution in [3.63, 3.8) is 0 Å². The summed E-state index contributed by atoms with van der Waals surface area (Å²) in [4.78, 5) is 0. The first-order valence-corrected chi connectivity index (χ1v) is 12.3. The van der Waals surface area contributed by atoms with E-state index in [1.165, 1.54) is 0 Å². The fourth-order valence-corrected chi connectivity index (χ4v) is 7.00. The number of ether oxygens (including phenoxy) is 2. The Kier molecular flexibility index (Phi) is 9.95. The molecule has 1 rings (SSSR count). The van der Waals surface area contributed by atoms with Crippen molar-refractivity contribution < 1.29 is 31.2 Å². The van der Waals surface area contributed by atoms with E-state index in [4.69, 9.17) is 22.8 Å². The lowest BCUT2D eigenvalue weighted by Gasteiger charge is -2.33. The molecule has 0 amide bonds.